The molecule has 1 N–H and O–H groups in total. The van der Waals surface area contributed by atoms with Gasteiger partial charge < -0.3 is 14.6 Å². The number of methoxy groups -OCH3 is 1. The Morgan fingerprint density at radius 2 is 1.79 bits per heavy atom. The monoisotopic (exact) mass is 258 g/mol. The average molecular weight is 258 g/mol. The third kappa shape index (κ3) is 3.26. The van der Waals surface area contributed by atoms with E-state index in [4.69, 9.17) is 9.47 Å². The van der Waals surface area contributed by atoms with Gasteiger partial charge in [0.1, 0.15) is 6.61 Å². The zero-order valence-electron chi connectivity index (χ0n) is 11.2. The average Bonchev–Trinajstić information content (AvgIpc) is 2.46. The first-order valence-corrected chi connectivity index (χ1v) is 6.19. The van der Waals surface area contributed by atoms with Crippen LogP contribution in [-0.4, -0.2) is 12.2 Å². The van der Waals surface area contributed by atoms with Crippen molar-refractivity contribution < 1.29 is 14.6 Å². The highest BCUT2D eigenvalue weighted by Crippen LogP contribution is 2.31. The van der Waals surface area contributed by atoms with E-state index in [9.17, 15) is 5.11 Å². The number of para-hydroxylation sites is 1. The van der Waals surface area contributed by atoms with Crippen molar-refractivity contribution in [3.05, 3.63) is 59.2 Å². The van der Waals surface area contributed by atoms with Crippen molar-refractivity contribution in [2.75, 3.05) is 7.11 Å². The second-order valence-electron chi connectivity index (χ2n) is 4.38. The van der Waals surface area contributed by atoms with E-state index in [2.05, 4.69) is 6.92 Å². The van der Waals surface area contributed by atoms with Crippen LogP contribution in [0.25, 0.3) is 0 Å². The molecule has 0 radical (unpaired) electrons. The van der Waals surface area contributed by atoms with Gasteiger partial charge in [-0.25, -0.2) is 0 Å². The normalized spacial score (nSPS) is 10.3. The molecular weight excluding hydrogens is 240 g/mol. The van der Waals surface area contributed by atoms with E-state index in [0.29, 0.717) is 18.1 Å². The third-order valence-electron chi connectivity index (χ3n) is 2.95. The minimum Gasteiger partial charge on any atom is -0.493 e. The molecule has 0 atom stereocenters. The summed E-state index contributed by atoms with van der Waals surface area (Å²) in [5.41, 5.74) is 3.03. The van der Waals surface area contributed by atoms with Crippen LogP contribution in [0, 0.1) is 6.92 Å². The maximum atomic E-state index is 9.34. The Labute approximate surface area is 113 Å². The maximum Gasteiger partial charge on any atom is 0.167 e. The molecule has 0 saturated heterocycles. The fourth-order valence-electron chi connectivity index (χ4n) is 1.85. The highest BCUT2D eigenvalue weighted by molar-refractivity contribution is 5.46. The predicted octanol–water partition coefficient (Wildman–Crippen LogP) is 3.07. The van der Waals surface area contributed by atoms with Crippen molar-refractivity contribution in [1.82, 2.24) is 0 Å². The van der Waals surface area contributed by atoms with E-state index in [1.807, 2.05) is 42.5 Å². The molecule has 0 heterocycles. The summed E-state index contributed by atoms with van der Waals surface area (Å²) in [4.78, 5) is 0. The number of hydrogen-bond acceptors (Lipinski definition) is 3. The molecule has 2 aromatic rings. The van der Waals surface area contributed by atoms with Gasteiger partial charge in [-0.15, -0.1) is 0 Å². The van der Waals surface area contributed by atoms with Gasteiger partial charge in [-0.2, -0.15) is 0 Å². The topological polar surface area (TPSA) is 38.7 Å². The number of aliphatic hydroxyl groups is 1. The molecule has 0 unspecified atom stereocenters. The number of aliphatic hydroxyl groups excluding tert-OH is 1. The minimum absolute atomic E-state index is 0.0690. The fourth-order valence-corrected chi connectivity index (χ4v) is 1.85. The Bertz CT molecular complexity index is 510. The Hall–Kier alpha value is -2.00. The number of ether oxygens (including phenoxy) is 2. The molecule has 0 aliphatic carbocycles. The van der Waals surface area contributed by atoms with Crippen molar-refractivity contribution in [3.63, 3.8) is 0 Å². The van der Waals surface area contributed by atoms with Gasteiger partial charge in [0.05, 0.1) is 13.7 Å². The highest BCUT2D eigenvalue weighted by atomic mass is 16.5. The molecule has 0 spiro atoms. The number of benzene rings is 2. The van der Waals surface area contributed by atoms with Crippen LogP contribution in [0.3, 0.4) is 0 Å². The molecule has 0 fully saturated rings. The summed E-state index contributed by atoms with van der Waals surface area (Å²) in [5, 5.41) is 9.34. The van der Waals surface area contributed by atoms with Crippen LogP contribution in [0.5, 0.6) is 11.5 Å². The standard InChI is InChI=1S/C16H18O3/c1-12-6-8-13(9-7-12)11-19-16-14(10-17)4-3-5-15(16)18-2/h3-9,17H,10-11H2,1-2H3. The highest BCUT2D eigenvalue weighted by Gasteiger charge is 2.09. The number of hydrogen-bond donors (Lipinski definition) is 1. The molecule has 0 saturated carbocycles. The van der Waals surface area contributed by atoms with E-state index in [1.54, 1.807) is 7.11 Å². The second-order valence-corrected chi connectivity index (χ2v) is 4.38. The zero-order valence-corrected chi connectivity index (χ0v) is 11.2. The van der Waals surface area contributed by atoms with Gasteiger partial charge in [-0.05, 0) is 18.6 Å². The lowest BCUT2D eigenvalue weighted by molar-refractivity contribution is 0.250. The zero-order chi connectivity index (χ0) is 13.7. The first-order valence-electron chi connectivity index (χ1n) is 6.19. The first kappa shape index (κ1) is 13.4. The number of rotatable bonds is 5. The van der Waals surface area contributed by atoms with E-state index >= 15 is 0 Å². The van der Waals surface area contributed by atoms with Crippen LogP contribution in [0.4, 0.5) is 0 Å². The van der Waals surface area contributed by atoms with Gasteiger partial charge in [0.25, 0.3) is 0 Å². The fraction of sp³-hybridized carbons (Fsp3) is 0.250. The summed E-state index contributed by atoms with van der Waals surface area (Å²) in [7, 11) is 1.59. The molecule has 0 bridgehead atoms. The lowest BCUT2D eigenvalue weighted by Gasteiger charge is -2.14. The van der Waals surface area contributed by atoms with Crippen molar-refractivity contribution in [2.45, 2.75) is 20.1 Å². The smallest absolute Gasteiger partial charge is 0.167 e. The van der Waals surface area contributed by atoms with E-state index < -0.39 is 0 Å². The van der Waals surface area contributed by atoms with Crippen LogP contribution in [-0.2, 0) is 13.2 Å². The summed E-state index contributed by atoms with van der Waals surface area (Å²) in [5.74, 6) is 1.24. The first-order chi connectivity index (χ1) is 9.24. The van der Waals surface area contributed by atoms with Crippen molar-refractivity contribution in [3.8, 4) is 11.5 Å². The molecule has 100 valence electrons. The molecule has 2 rings (SSSR count). The Morgan fingerprint density at radius 3 is 2.42 bits per heavy atom. The predicted molar refractivity (Wildman–Crippen MR) is 74.4 cm³/mol. The molecule has 19 heavy (non-hydrogen) atoms. The molecule has 3 heteroatoms. The Morgan fingerprint density at radius 1 is 1.05 bits per heavy atom. The van der Waals surface area contributed by atoms with Crippen LogP contribution < -0.4 is 9.47 Å². The van der Waals surface area contributed by atoms with Crippen LogP contribution in [0.2, 0.25) is 0 Å². The summed E-state index contributed by atoms with van der Waals surface area (Å²) in [6.45, 7) is 2.43. The lowest BCUT2D eigenvalue weighted by atomic mass is 10.1. The minimum atomic E-state index is -0.0690. The lowest BCUT2D eigenvalue weighted by Crippen LogP contribution is -2.01. The molecule has 0 aromatic heterocycles. The van der Waals surface area contributed by atoms with Gasteiger partial charge in [-0.3, -0.25) is 0 Å². The summed E-state index contributed by atoms with van der Waals surface area (Å²) >= 11 is 0. The van der Waals surface area contributed by atoms with Crippen molar-refractivity contribution in [1.29, 1.82) is 0 Å². The van der Waals surface area contributed by atoms with Gasteiger partial charge in [0.15, 0.2) is 11.5 Å². The van der Waals surface area contributed by atoms with Crippen LogP contribution >= 0.6 is 0 Å². The largest absolute Gasteiger partial charge is 0.493 e. The van der Waals surface area contributed by atoms with Crippen molar-refractivity contribution in [2.24, 2.45) is 0 Å². The Kier molecular flexibility index (Phi) is 4.42. The van der Waals surface area contributed by atoms with Crippen LogP contribution in [0.1, 0.15) is 16.7 Å². The molecule has 2 aromatic carbocycles. The van der Waals surface area contributed by atoms with E-state index in [1.165, 1.54) is 5.56 Å². The maximum absolute atomic E-state index is 9.34. The summed E-state index contributed by atoms with van der Waals surface area (Å²) < 4.78 is 11.1. The van der Waals surface area contributed by atoms with E-state index in [0.717, 1.165) is 11.1 Å². The van der Waals surface area contributed by atoms with E-state index in [-0.39, 0.29) is 6.61 Å². The van der Waals surface area contributed by atoms with Gasteiger partial charge in [0.2, 0.25) is 0 Å². The quantitative estimate of drug-likeness (QED) is 0.895. The van der Waals surface area contributed by atoms with Crippen LogP contribution in [0.15, 0.2) is 42.5 Å². The summed E-state index contributed by atoms with van der Waals surface area (Å²) in [6.07, 6.45) is 0. The number of aryl methyl sites for hydroxylation is 1. The second kappa shape index (κ2) is 6.25. The molecule has 3 nitrogen and oxygen atoms in total. The van der Waals surface area contributed by atoms with Gasteiger partial charge in [0, 0.05) is 5.56 Å². The molecule has 0 amide bonds. The van der Waals surface area contributed by atoms with Crippen molar-refractivity contribution >= 4 is 0 Å². The van der Waals surface area contributed by atoms with Gasteiger partial charge >= 0.3 is 0 Å². The molecular formula is C16H18O3. The molecule has 0 aliphatic rings. The third-order valence-corrected chi connectivity index (χ3v) is 2.95. The summed E-state index contributed by atoms with van der Waals surface area (Å²) in [6, 6.07) is 13.6. The molecule has 0 aliphatic heterocycles. The Balaban J connectivity index is 2.16. The van der Waals surface area contributed by atoms with Gasteiger partial charge in [-0.1, -0.05) is 42.0 Å². The SMILES string of the molecule is COc1cccc(CO)c1OCc1ccc(C)cc1.